The maximum atomic E-state index is 14.5. The molecule has 0 spiro atoms. The zero-order chi connectivity index (χ0) is 17.5. The van der Waals surface area contributed by atoms with Gasteiger partial charge in [-0.1, -0.05) is 34.1 Å². The van der Waals surface area contributed by atoms with Crippen molar-refractivity contribution in [1.82, 2.24) is 4.31 Å². The molecule has 1 atom stereocenters. The first kappa shape index (κ1) is 17.0. The van der Waals surface area contributed by atoms with Crippen molar-refractivity contribution in [2.24, 2.45) is 0 Å². The van der Waals surface area contributed by atoms with Gasteiger partial charge in [-0.3, -0.25) is 10.1 Å². The molecule has 2 aromatic carbocycles. The molecule has 0 radical (unpaired) electrons. The van der Waals surface area contributed by atoms with Gasteiger partial charge in [0, 0.05) is 23.6 Å². The number of sulfonamides is 1. The van der Waals surface area contributed by atoms with E-state index in [1.807, 2.05) is 0 Å². The van der Waals surface area contributed by atoms with Gasteiger partial charge in [-0.25, -0.2) is 12.8 Å². The standard InChI is InChI=1S/C15H12BrFN2O4S/c16-11-6-5-10-8-18(9-13(17)12(10)7-11)24(22,23)15-4-2-1-3-14(15)19(20)21/h1-7,13H,8-9H2. The highest BCUT2D eigenvalue weighted by atomic mass is 79.9. The van der Waals surface area contributed by atoms with E-state index in [1.54, 1.807) is 18.2 Å². The Kier molecular flexibility index (Phi) is 4.41. The number of rotatable bonds is 3. The van der Waals surface area contributed by atoms with Gasteiger partial charge in [-0.2, -0.15) is 4.31 Å². The second-order valence-corrected chi connectivity index (χ2v) is 8.16. The van der Waals surface area contributed by atoms with Crippen molar-refractivity contribution in [3.63, 3.8) is 0 Å². The predicted octanol–water partition coefficient (Wildman–Crippen LogP) is 3.57. The molecule has 6 nitrogen and oxygen atoms in total. The van der Waals surface area contributed by atoms with Gasteiger partial charge in [0.1, 0.15) is 6.17 Å². The molecule has 1 unspecified atom stereocenters. The summed E-state index contributed by atoms with van der Waals surface area (Å²) in [4.78, 5) is 9.91. The molecular formula is C15H12BrFN2O4S. The van der Waals surface area contributed by atoms with Crippen molar-refractivity contribution in [3.8, 4) is 0 Å². The molecule has 3 rings (SSSR count). The normalized spacial score (nSPS) is 18.2. The maximum Gasteiger partial charge on any atom is 0.289 e. The van der Waals surface area contributed by atoms with E-state index >= 15 is 0 Å². The van der Waals surface area contributed by atoms with E-state index in [9.17, 15) is 22.9 Å². The van der Waals surface area contributed by atoms with Gasteiger partial charge in [0.05, 0.1) is 4.92 Å². The van der Waals surface area contributed by atoms with E-state index in [0.717, 1.165) is 16.4 Å². The first-order valence-electron chi connectivity index (χ1n) is 6.96. The highest BCUT2D eigenvalue weighted by Gasteiger charge is 2.36. The summed E-state index contributed by atoms with van der Waals surface area (Å²) < 4.78 is 41.7. The molecule has 24 heavy (non-hydrogen) atoms. The molecule has 1 heterocycles. The zero-order valence-electron chi connectivity index (χ0n) is 12.2. The zero-order valence-corrected chi connectivity index (χ0v) is 14.6. The lowest BCUT2D eigenvalue weighted by Crippen LogP contribution is -2.37. The largest absolute Gasteiger partial charge is 0.289 e. The van der Waals surface area contributed by atoms with E-state index in [2.05, 4.69) is 15.9 Å². The first-order chi connectivity index (χ1) is 11.3. The van der Waals surface area contributed by atoms with Crippen molar-refractivity contribution in [3.05, 3.63) is 68.2 Å². The number of halogens is 2. The summed E-state index contributed by atoms with van der Waals surface area (Å²) in [5.41, 5.74) is 0.451. The topological polar surface area (TPSA) is 80.5 Å². The van der Waals surface area contributed by atoms with E-state index in [-0.39, 0.29) is 13.1 Å². The fraction of sp³-hybridized carbons (Fsp3) is 0.200. The van der Waals surface area contributed by atoms with Crippen molar-refractivity contribution in [2.45, 2.75) is 17.6 Å². The molecule has 0 saturated heterocycles. The van der Waals surface area contributed by atoms with Crippen LogP contribution in [0.3, 0.4) is 0 Å². The lowest BCUT2D eigenvalue weighted by molar-refractivity contribution is -0.387. The third kappa shape index (κ3) is 2.94. The third-order valence-corrected chi connectivity index (χ3v) is 6.19. The van der Waals surface area contributed by atoms with Crippen LogP contribution in [0.2, 0.25) is 0 Å². The molecule has 1 aliphatic rings. The molecule has 0 N–H and O–H groups in total. The van der Waals surface area contributed by atoms with Crippen molar-refractivity contribution >= 4 is 31.6 Å². The van der Waals surface area contributed by atoms with Gasteiger partial charge in [-0.15, -0.1) is 0 Å². The number of fused-ring (bicyclic) bond motifs is 1. The number of para-hydroxylation sites is 1. The number of alkyl halides is 1. The van der Waals surface area contributed by atoms with Crippen LogP contribution in [0.15, 0.2) is 51.8 Å². The minimum Gasteiger partial charge on any atom is -0.258 e. The highest BCUT2D eigenvalue weighted by molar-refractivity contribution is 9.10. The maximum absolute atomic E-state index is 14.5. The van der Waals surface area contributed by atoms with Crippen LogP contribution < -0.4 is 0 Å². The molecule has 2 aromatic rings. The van der Waals surface area contributed by atoms with Gasteiger partial charge < -0.3 is 0 Å². The summed E-state index contributed by atoms with van der Waals surface area (Å²) in [6.07, 6.45) is -1.50. The molecule has 126 valence electrons. The molecule has 9 heteroatoms. The number of benzene rings is 2. The fourth-order valence-corrected chi connectivity index (χ4v) is 4.63. The van der Waals surface area contributed by atoms with Crippen molar-refractivity contribution < 1.29 is 17.7 Å². The van der Waals surface area contributed by atoms with E-state index in [4.69, 9.17) is 0 Å². The Balaban J connectivity index is 2.04. The number of hydrogen-bond acceptors (Lipinski definition) is 4. The Labute approximate surface area is 146 Å². The molecule has 0 bridgehead atoms. The Hall–Kier alpha value is -1.84. The van der Waals surface area contributed by atoms with Crippen LogP contribution in [0.5, 0.6) is 0 Å². The lowest BCUT2D eigenvalue weighted by Gasteiger charge is -2.30. The van der Waals surface area contributed by atoms with Gasteiger partial charge in [0.15, 0.2) is 4.90 Å². The smallest absolute Gasteiger partial charge is 0.258 e. The molecule has 0 amide bonds. The minimum absolute atomic E-state index is 0.0303. The molecule has 0 fully saturated rings. The molecule has 1 aliphatic heterocycles. The Morgan fingerprint density at radius 1 is 1.25 bits per heavy atom. The minimum atomic E-state index is -4.18. The van der Waals surface area contributed by atoms with Crippen LogP contribution >= 0.6 is 15.9 Å². The number of hydrogen-bond donors (Lipinski definition) is 0. The number of nitro benzene ring substituents is 1. The number of nitro groups is 1. The molecule has 0 aromatic heterocycles. The van der Waals surface area contributed by atoms with Crippen molar-refractivity contribution in [1.29, 1.82) is 0 Å². The van der Waals surface area contributed by atoms with Gasteiger partial charge in [-0.05, 0) is 29.3 Å². The van der Waals surface area contributed by atoms with Gasteiger partial charge >= 0.3 is 0 Å². The van der Waals surface area contributed by atoms with E-state index in [1.165, 1.54) is 12.1 Å². The van der Waals surface area contributed by atoms with Crippen LogP contribution in [0.4, 0.5) is 10.1 Å². The fourth-order valence-electron chi connectivity index (χ4n) is 2.68. The molecular weight excluding hydrogens is 403 g/mol. The summed E-state index contributed by atoms with van der Waals surface area (Å²) in [6, 6.07) is 10.0. The number of nitrogens with zero attached hydrogens (tertiary/aromatic N) is 2. The summed E-state index contributed by atoms with van der Waals surface area (Å²) in [6.45, 7) is -0.407. The highest BCUT2D eigenvalue weighted by Crippen LogP contribution is 2.35. The average Bonchev–Trinajstić information content (AvgIpc) is 2.55. The summed E-state index contributed by atoms with van der Waals surface area (Å²) >= 11 is 3.26. The monoisotopic (exact) mass is 414 g/mol. The predicted molar refractivity (Wildman–Crippen MR) is 88.7 cm³/mol. The van der Waals surface area contributed by atoms with E-state index < -0.39 is 31.7 Å². The van der Waals surface area contributed by atoms with Crippen molar-refractivity contribution in [2.75, 3.05) is 6.54 Å². The Morgan fingerprint density at radius 2 is 1.96 bits per heavy atom. The second-order valence-electron chi connectivity index (χ2n) is 5.33. The van der Waals surface area contributed by atoms with E-state index in [0.29, 0.717) is 15.6 Å². The average molecular weight is 415 g/mol. The Bertz CT molecular complexity index is 919. The van der Waals surface area contributed by atoms with Crippen LogP contribution in [0.25, 0.3) is 0 Å². The lowest BCUT2D eigenvalue weighted by atomic mass is 10.00. The summed E-state index contributed by atoms with van der Waals surface area (Å²) in [5.74, 6) is 0. The summed E-state index contributed by atoms with van der Waals surface area (Å²) in [5, 5.41) is 11.1. The molecule has 0 saturated carbocycles. The summed E-state index contributed by atoms with van der Waals surface area (Å²) in [7, 11) is -4.18. The quantitative estimate of drug-likeness (QED) is 0.567. The van der Waals surface area contributed by atoms with Gasteiger partial charge in [0.25, 0.3) is 5.69 Å². The Morgan fingerprint density at radius 3 is 2.67 bits per heavy atom. The molecule has 0 aliphatic carbocycles. The van der Waals surface area contributed by atoms with Crippen LogP contribution in [-0.4, -0.2) is 24.2 Å². The van der Waals surface area contributed by atoms with Crippen LogP contribution in [0.1, 0.15) is 17.3 Å². The van der Waals surface area contributed by atoms with Crippen LogP contribution in [-0.2, 0) is 16.6 Å². The van der Waals surface area contributed by atoms with Crippen LogP contribution in [0, 0.1) is 10.1 Å². The first-order valence-corrected chi connectivity index (χ1v) is 9.20. The SMILES string of the molecule is O=[N+]([O-])c1ccccc1S(=O)(=O)N1Cc2ccc(Br)cc2C(F)C1. The van der Waals surface area contributed by atoms with Gasteiger partial charge in [0.2, 0.25) is 10.0 Å². The second kappa shape index (κ2) is 6.23. The third-order valence-electron chi connectivity index (χ3n) is 3.84.